The average Bonchev–Trinajstić information content (AvgIpc) is 2.50. The summed E-state index contributed by atoms with van der Waals surface area (Å²) in [6, 6.07) is 6.49. The van der Waals surface area contributed by atoms with E-state index in [1.165, 1.54) is 17.7 Å². The van der Waals surface area contributed by atoms with Crippen LogP contribution in [0.5, 0.6) is 0 Å². The Kier molecular flexibility index (Phi) is 4.49. The topological polar surface area (TPSA) is 32.5 Å². The molecule has 0 amide bonds. The molecule has 3 nitrogen and oxygen atoms in total. The lowest BCUT2D eigenvalue weighted by Gasteiger charge is -2.32. The quantitative estimate of drug-likeness (QED) is 0.893. The summed E-state index contributed by atoms with van der Waals surface area (Å²) in [7, 11) is 2.18. The maximum Gasteiger partial charge on any atom is 0.0429 e. The van der Waals surface area contributed by atoms with Gasteiger partial charge in [-0.15, -0.1) is 0 Å². The summed E-state index contributed by atoms with van der Waals surface area (Å²) in [4.78, 5) is 4.83. The van der Waals surface area contributed by atoms with Crippen LogP contribution in [0.15, 0.2) is 18.2 Å². The van der Waals surface area contributed by atoms with Gasteiger partial charge in [0.05, 0.1) is 0 Å². The Morgan fingerprint density at radius 2 is 2.17 bits per heavy atom. The second-order valence-electron chi connectivity index (χ2n) is 5.14. The van der Waals surface area contributed by atoms with Gasteiger partial charge in [0.1, 0.15) is 0 Å². The highest BCUT2D eigenvalue weighted by molar-refractivity contribution is 6.30. The SMILES string of the molecule is CC1CN(C)CCCN1c1cc(Cl)ccc1CN. The number of likely N-dealkylation sites (N-methyl/N-ethyl adjacent to an activating group) is 1. The standard InChI is InChI=1S/C14H22ClN3/c1-11-10-17(2)6-3-7-18(11)14-8-13(15)5-4-12(14)9-16/h4-5,8,11H,3,6-7,9-10,16H2,1-2H3. The first kappa shape index (κ1) is 13.7. The Balaban J connectivity index is 2.31. The second-order valence-corrected chi connectivity index (χ2v) is 5.57. The highest BCUT2D eigenvalue weighted by Gasteiger charge is 2.21. The van der Waals surface area contributed by atoms with E-state index < -0.39 is 0 Å². The highest BCUT2D eigenvalue weighted by atomic mass is 35.5. The molecule has 0 spiro atoms. The number of anilines is 1. The molecule has 4 heteroatoms. The van der Waals surface area contributed by atoms with E-state index in [1.807, 2.05) is 18.2 Å². The average molecular weight is 268 g/mol. The van der Waals surface area contributed by atoms with Gasteiger partial charge in [-0.3, -0.25) is 0 Å². The van der Waals surface area contributed by atoms with Crippen molar-refractivity contribution in [2.24, 2.45) is 5.73 Å². The summed E-state index contributed by atoms with van der Waals surface area (Å²) in [6.07, 6.45) is 1.18. The summed E-state index contributed by atoms with van der Waals surface area (Å²) < 4.78 is 0. The third kappa shape index (κ3) is 2.97. The van der Waals surface area contributed by atoms with Crippen LogP contribution in [-0.2, 0) is 6.54 Å². The van der Waals surface area contributed by atoms with Crippen molar-refractivity contribution in [1.29, 1.82) is 0 Å². The first-order valence-electron chi connectivity index (χ1n) is 6.55. The van der Waals surface area contributed by atoms with Crippen molar-refractivity contribution in [3.63, 3.8) is 0 Å². The van der Waals surface area contributed by atoms with E-state index in [9.17, 15) is 0 Å². The molecule has 1 aliphatic heterocycles. The molecule has 0 bridgehead atoms. The zero-order chi connectivity index (χ0) is 13.1. The molecule has 2 rings (SSSR count). The third-order valence-electron chi connectivity index (χ3n) is 3.62. The monoisotopic (exact) mass is 267 g/mol. The number of rotatable bonds is 2. The van der Waals surface area contributed by atoms with Crippen LogP contribution in [0, 0.1) is 0 Å². The minimum absolute atomic E-state index is 0.487. The number of hydrogen-bond donors (Lipinski definition) is 1. The largest absolute Gasteiger partial charge is 0.367 e. The van der Waals surface area contributed by atoms with Gasteiger partial charge < -0.3 is 15.5 Å². The molecule has 1 aromatic rings. The molecule has 1 saturated heterocycles. The Bertz CT molecular complexity index is 408. The normalized spacial score (nSPS) is 22.0. The number of hydrogen-bond acceptors (Lipinski definition) is 3. The molecule has 0 saturated carbocycles. The van der Waals surface area contributed by atoms with Crippen molar-refractivity contribution in [3.05, 3.63) is 28.8 Å². The Hall–Kier alpha value is -0.770. The second kappa shape index (κ2) is 5.91. The van der Waals surface area contributed by atoms with Gasteiger partial charge in [-0.1, -0.05) is 17.7 Å². The smallest absolute Gasteiger partial charge is 0.0429 e. The van der Waals surface area contributed by atoms with Crippen molar-refractivity contribution in [2.45, 2.75) is 25.9 Å². The summed E-state index contributed by atoms with van der Waals surface area (Å²) in [5.74, 6) is 0. The first-order chi connectivity index (χ1) is 8.61. The predicted octanol–water partition coefficient (Wildman–Crippen LogP) is 2.33. The number of benzene rings is 1. The van der Waals surface area contributed by atoms with Crippen molar-refractivity contribution in [3.8, 4) is 0 Å². The van der Waals surface area contributed by atoms with Gasteiger partial charge in [-0.05, 0) is 44.6 Å². The molecular formula is C14H22ClN3. The van der Waals surface area contributed by atoms with Crippen LogP contribution in [0.1, 0.15) is 18.9 Å². The number of nitrogens with zero attached hydrogens (tertiary/aromatic N) is 2. The Morgan fingerprint density at radius 3 is 2.89 bits per heavy atom. The Morgan fingerprint density at radius 1 is 1.39 bits per heavy atom. The maximum absolute atomic E-state index is 6.13. The molecule has 1 aromatic carbocycles. The molecule has 1 heterocycles. The number of nitrogens with two attached hydrogens (primary N) is 1. The molecule has 0 aromatic heterocycles. The van der Waals surface area contributed by atoms with Crippen molar-refractivity contribution in [1.82, 2.24) is 4.90 Å². The summed E-state index contributed by atoms with van der Waals surface area (Å²) in [5.41, 5.74) is 8.22. The van der Waals surface area contributed by atoms with Crippen LogP contribution < -0.4 is 10.6 Å². The van der Waals surface area contributed by atoms with E-state index in [0.717, 1.165) is 24.7 Å². The van der Waals surface area contributed by atoms with Gasteiger partial charge in [-0.25, -0.2) is 0 Å². The van der Waals surface area contributed by atoms with Gasteiger partial charge in [0, 0.05) is 36.4 Å². The van der Waals surface area contributed by atoms with Crippen molar-refractivity contribution in [2.75, 3.05) is 31.6 Å². The molecule has 1 unspecified atom stereocenters. The maximum atomic E-state index is 6.13. The number of halogens is 1. The lowest BCUT2D eigenvalue weighted by Crippen LogP contribution is -2.38. The molecule has 2 N–H and O–H groups in total. The fourth-order valence-electron chi connectivity index (χ4n) is 2.71. The van der Waals surface area contributed by atoms with E-state index in [1.54, 1.807) is 0 Å². The summed E-state index contributed by atoms with van der Waals surface area (Å²) in [6.45, 7) is 6.13. The van der Waals surface area contributed by atoms with E-state index in [4.69, 9.17) is 17.3 Å². The van der Waals surface area contributed by atoms with Gasteiger partial charge in [0.2, 0.25) is 0 Å². The van der Waals surface area contributed by atoms with Crippen LogP contribution in [-0.4, -0.2) is 37.6 Å². The van der Waals surface area contributed by atoms with Crippen LogP contribution >= 0.6 is 11.6 Å². The highest BCUT2D eigenvalue weighted by Crippen LogP contribution is 2.27. The third-order valence-corrected chi connectivity index (χ3v) is 3.86. The van der Waals surface area contributed by atoms with Crippen LogP contribution in [0.25, 0.3) is 0 Å². The lowest BCUT2D eigenvalue weighted by molar-refractivity contribution is 0.337. The zero-order valence-electron chi connectivity index (χ0n) is 11.2. The first-order valence-corrected chi connectivity index (χ1v) is 6.93. The summed E-state index contributed by atoms with van der Waals surface area (Å²) in [5, 5.41) is 0.784. The van der Waals surface area contributed by atoms with Gasteiger partial charge in [-0.2, -0.15) is 0 Å². The van der Waals surface area contributed by atoms with E-state index in [0.29, 0.717) is 12.6 Å². The van der Waals surface area contributed by atoms with Crippen LogP contribution in [0.3, 0.4) is 0 Å². The lowest BCUT2D eigenvalue weighted by atomic mass is 10.1. The molecule has 1 atom stereocenters. The molecule has 1 fully saturated rings. The fourth-order valence-corrected chi connectivity index (χ4v) is 2.87. The van der Waals surface area contributed by atoms with Gasteiger partial charge in [0.15, 0.2) is 0 Å². The summed E-state index contributed by atoms with van der Waals surface area (Å²) >= 11 is 6.13. The molecule has 100 valence electrons. The zero-order valence-corrected chi connectivity index (χ0v) is 12.0. The van der Waals surface area contributed by atoms with Crippen LogP contribution in [0.4, 0.5) is 5.69 Å². The van der Waals surface area contributed by atoms with Crippen molar-refractivity contribution >= 4 is 17.3 Å². The fraction of sp³-hybridized carbons (Fsp3) is 0.571. The van der Waals surface area contributed by atoms with E-state index in [2.05, 4.69) is 23.8 Å². The predicted molar refractivity (Wildman–Crippen MR) is 78.3 cm³/mol. The molecule has 0 aliphatic carbocycles. The minimum Gasteiger partial charge on any atom is -0.367 e. The van der Waals surface area contributed by atoms with Crippen LogP contribution in [0.2, 0.25) is 5.02 Å². The van der Waals surface area contributed by atoms with Gasteiger partial charge >= 0.3 is 0 Å². The molecular weight excluding hydrogens is 246 g/mol. The minimum atomic E-state index is 0.487. The van der Waals surface area contributed by atoms with Gasteiger partial charge in [0.25, 0.3) is 0 Å². The van der Waals surface area contributed by atoms with E-state index >= 15 is 0 Å². The van der Waals surface area contributed by atoms with E-state index in [-0.39, 0.29) is 0 Å². The molecule has 18 heavy (non-hydrogen) atoms. The van der Waals surface area contributed by atoms with Crippen molar-refractivity contribution < 1.29 is 0 Å². The Labute approximate surface area is 115 Å². The molecule has 0 radical (unpaired) electrons. The molecule has 1 aliphatic rings.